The molecule has 0 atom stereocenters. The van der Waals surface area contributed by atoms with Gasteiger partial charge in [-0.05, 0) is 74.6 Å². The first-order valence-corrected chi connectivity index (χ1v) is 11.9. The Labute approximate surface area is 190 Å². The van der Waals surface area contributed by atoms with Gasteiger partial charge in [0.05, 0.1) is 12.2 Å². The number of anilines is 2. The molecule has 2 heterocycles. The number of hydrogen-bond acceptors (Lipinski definition) is 4. The van der Waals surface area contributed by atoms with Crippen LogP contribution in [0.15, 0.2) is 42.5 Å². The molecule has 6 nitrogen and oxygen atoms in total. The first kappa shape index (κ1) is 22.2. The van der Waals surface area contributed by atoms with Gasteiger partial charge in [-0.1, -0.05) is 13.3 Å². The van der Waals surface area contributed by atoms with Crippen LogP contribution in [0.5, 0.6) is 5.75 Å². The highest BCUT2D eigenvalue weighted by Gasteiger charge is 2.25. The monoisotopic (exact) mass is 435 g/mol. The van der Waals surface area contributed by atoms with E-state index in [1.165, 1.54) is 0 Å². The Hall–Kier alpha value is -3.02. The standard InChI is InChI=1S/C26H33N3O3/c1-2-3-18-32-22-11-8-20(9-12-22)25(30)27-21-10-13-24(28-14-4-5-15-28)23(19-21)26(31)29-16-6-7-17-29/h8-13,19H,2-7,14-18H2,1H3,(H,27,30). The number of likely N-dealkylation sites (tertiary alicyclic amines) is 1. The number of ether oxygens (including phenoxy) is 1. The van der Waals surface area contributed by atoms with Gasteiger partial charge >= 0.3 is 0 Å². The zero-order chi connectivity index (χ0) is 22.3. The van der Waals surface area contributed by atoms with Crippen molar-refractivity contribution in [2.45, 2.75) is 45.4 Å². The summed E-state index contributed by atoms with van der Waals surface area (Å²) in [6.45, 7) is 6.36. The van der Waals surface area contributed by atoms with Crippen LogP contribution in [-0.4, -0.2) is 49.5 Å². The smallest absolute Gasteiger partial charge is 0.256 e. The minimum absolute atomic E-state index is 0.0640. The second-order valence-corrected chi connectivity index (χ2v) is 8.61. The van der Waals surface area contributed by atoms with Crippen molar-refractivity contribution in [1.82, 2.24) is 4.90 Å². The maximum Gasteiger partial charge on any atom is 0.256 e. The van der Waals surface area contributed by atoms with Crippen molar-refractivity contribution < 1.29 is 14.3 Å². The second-order valence-electron chi connectivity index (χ2n) is 8.61. The fourth-order valence-corrected chi connectivity index (χ4v) is 4.35. The van der Waals surface area contributed by atoms with Gasteiger partial charge < -0.3 is 19.9 Å². The summed E-state index contributed by atoms with van der Waals surface area (Å²) in [6, 6.07) is 12.9. The van der Waals surface area contributed by atoms with E-state index >= 15 is 0 Å². The van der Waals surface area contributed by atoms with Crippen LogP contribution in [0, 0.1) is 0 Å². The minimum atomic E-state index is -0.196. The third-order valence-corrected chi connectivity index (χ3v) is 6.21. The van der Waals surface area contributed by atoms with E-state index < -0.39 is 0 Å². The highest BCUT2D eigenvalue weighted by molar-refractivity contribution is 6.06. The fraction of sp³-hybridized carbons (Fsp3) is 0.462. The summed E-state index contributed by atoms with van der Waals surface area (Å²) in [5.74, 6) is 0.635. The second kappa shape index (κ2) is 10.5. The molecule has 1 N–H and O–H groups in total. The minimum Gasteiger partial charge on any atom is -0.494 e. The Morgan fingerprint density at radius 2 is 1.62 bits per heavy atom. The lowest BCUT2D eigenvalue weighted by Crippen LogP contribution is -2.30. The molecule has 6 heteroatoms. The number of hydrogen-bond donors (Lipinski definition) is 1. The number of carbonyl (C=O) groups is 2. The Morgan fingerprint density at radius 3 is 2.31 bits per heavy atom. The highest BCUT2D eigenvalue weighted by Crippen LogP contribution is 2.30. The molecular formula is C26H33N3O3. The summed E-state index contributed by atoms with van der Waals surface area (Å²) in [5.41, 5.74) is 2.87. The summed E-state index contributed by atoms with van der Waals surface area (Å²) in [7, 11) is 0. The number of rotatable bonds is 8. The topological polar surface area (TPSA) is 61.9 Å². The molecule has 2 aliphatic rings. The molecule has 0 aliphatic carbocycles. The van der Waals surface area contributed by atoms with Crippen molar-refractivity contribution >= 4 is 23.2 Å². The summed E-state index contributed by atoms with van der Waals surface area (Å²) < 4.78 is 5.67. The van der Waals surface area contributed by atoms with Gasteiger partial charge in [0.25, 0.3) is 11.8 Å². The summed E-state index contributed by atoms with van der Waals surface area (Å²) in [6.07, 6.45) is 6.49. The van der Waals surface area contributed by atoms with Gasteiger partial charge in [0, 0.05) is 43.1 Å². The van der Waals surface area contributed by atoms with Crippen LogP contribution in [-0.2, 0) is 0 Å². The molecule has 0 aromatic heterocycles. The average molecular weight is 436 g/mol. The van der Waals surface area contributed by atoms with Crippen molar-refractivity contribution in [3.05, 3.63) is 53.6 Å². The Bertz CT molecular complexity index is 930. The first-order chi connectivity index (χ1) is 15.7. The van der Waals surface area contributed by atoms with Gasteiger partial charge in [-0.2, -0.15) is 0 Å². The largest absolute Gasteiger partial charge is 0.494 e. The lowest BCUT2D eigenvalue weighted by atomic mass is 10.1. The molecule has 2 aromatic carbocycles. The molecular weight excluding hydrogens is 402 g/mol. The molecule has 2 aliphatic heterocycles. The number of amides is 2. The van der Waals surface area contributed by atoms with Crippen LogP contribution in [0.1, 0.15) is 66.2 Å². The van der Waals surface area contributed by atoms with Crippen molar-refractivity contribution in [2.24, 2.45) is 0 Å². The van der Waals surface area contributed by atoms with Crippen LogP contribution in [0.3, 0.4) is 0 Å². The van der Waals surface area contributed by atoms with Gasteiger partial charge in [0.2, 0.25) is 0 Å². The lowest BCUT2D eigenvalue weighted by molar-refractivity contribution is 0.0793. The molecule has 0 unspecified atom stereocenters. The van der Waals surface area contributed by atoms with Gasteiger partial charge in [-0.3, -0.25) is 9.59 Å². The zero-order valence-electron chi connectivity index (χ0n) is 18.9. The average Bonchev–Trinajstić information content (AvgIpc) is 3.54. The van der Waals surface area contributed by atoms with E-state index in [9.17, 15) is 9.59 Å². The highest BCUT2D eigenvalue weighted by atomic mass is 16.5. The molecule has 2 aromatic rings. The van der Waals surface area contributed by atoms with E-state index in [2.05, 4.69) is 17.1 Å². The van der Waals surface area contributed by atoms with E-state index in [-0.39, 0.29) is 11.8 Å². The summed E-state index contributed by atoms with van der Waals surface area (Å²) >= 11 is 0. The molecule has 0 spiro atoms. The zero-order valence-corrected chi connectivity index (χ0v) is 18.9. The maximum absolute atomic E-state index is 13.3. The van der Waals surface area contributed by atoms with Crippen molar-refractivity contribution in [2.75, 3.05) is 43.0 Å². The number of unbranched alkanes of at least 4 members (excludes halogenated alkanes) is 1. The van der Waals surface area contributed by atoms with Crippen molar-refractivity contribution in [1.29, 1.82) is 0 Å². The molecule has 32 heavy (non-hydrogen) atoms. The number of nitrogens with zero attached hydrogens (tertiary/aromatic N) is 2. The molecule has 2 saturated heterocycles. The van der Waals surface area contributed by atoms with E-state index in [4.69, 9.17) is 4.74 Å². The Morgan fingerprint density at radius 1 is 0.938 bits per heavy atom. The fourth-order valence-electron chi connectivity index (χ4n) is 4.35. The van der Waals surface area contributed by atoms with Crippen molar-refractivity contribution in [3.63, 3.8) is 0 Å². The van der Waals surface area contributed by atoms with E-state index in [1.54, 1.807) is 12.1 Å². The SMILES string of the molecule is CCCCOc1ccc(C(=O)Nc2ccc(N3CCCC3)c(C(=O)N3CCCC3)c2)cc1. The molecule has 0 saturated carbocycles. The van der Waals surface area contributed by atoms with Crippen LogP contribution >= 0.6 is 0 Å². The van der Waals surface area contributed by atoms with Gasteiger partial charge in [0.1, 0.15) is 5.75 Å². The number of benzene rings is 2. The predicted octanol–water partition coefficient (Wildman–Crippen LogP) is 4.95. The molecule has 2 amide bonds. The van der Waals surface area contributed by atoms with Crippen LogP contribution in [0.25, 0.3) is 0 Å². The Balaban J connectivity index is 1.49. The van der Waals surface area contributed by atoms with Gasteiger partial charge in [0.15, 0.2) is 0 Å². The van der Waals surface area contributed by atoms with Gasteiger partial charge in [-0.25, -0.2) is 0 Å². The molecule has 2 fully saturated rings. The Kier molecular flexibility index (Phi) is 7.30. The van der Waals surface area contributed by atoms with E-state index in [0.29, 0.717) is 23.4 Å². The first-order valence-electron chi connectivity index (χ1n) is 11.9. The quantitative estimate of drug-likeness (QED) is 0.596. The van der Waals surface area contributed by atoms with Gasteiger partial charge in [-0.15, -0.1) is 0 Å². The van der Waals surface area contributed by atoms with Crippen molar-refractivity contribution in [3.8, 4) is 5.75 Å². The van der Waals surface area contributed by atoms with E-state index in [0.717, 1.165) is 76.1 Å². The third-order valence-electron chi connectivity index (χ3n) is 6.21. The summed E-state index contributed by atoms with van der Waals surface area (Å²) in [4.78, 5) is 30.3. The molecule has 0 radical (unpaired) electrons. The lowest BCUT2D eigenvalue weighted by Gasteiger charge is -2.24. The van der Waals surface area contributed by atoms with Crippen LogP contribution in [0.4, 0.5) is 11.4 Å². The maximum atomic E-state index is 13.3. The third kappa shape index (κ3) is 5.23. The molecule has 4 rings (SSSR count). The predicted molar refractivity (Wildman–Crippen MR) is 128 cm³/mol. The normalized spacial score (nSPS) is 15.8. The van der Waals surface area contributed by atoms with Crippen LogP contribution < -0.4 is 15.0 Å². The molecule has 0 bridgehead atoms. The molecule has 170 valence electrons. The van der Waals surface area contributed by atoms with E-state index in [1.807, 2.05) is 35.2 Å². The number of carbonyl (C=O) groups excluding carboxylic acids is 2. The van der Waals surface area contributed by atoms with Crippen LogP contribution in [0.2, 0.25) is 0 Å². The summed E-state index contributed by atoms with van der Waals surface area (Å²) in [5, 5.41) is 2.96. The number of nitrogens with one attached hydrogen (secondary N) is 1.